The zero-order valence-electron chi connectivity index (χ0n) is 16.7. The van der Waals surface area contributed by atoms with Crippen LogP contribution in [-0.4, -0.2) is 0 Å². The van der Waals surface area contributed by atoms with Crippen LogP contribution in [0, 0.1) is 23.2 Å². The van der Waals surface area contributed by atoms with Crippen molar-refractivity contribution in [2.75, 3.05) is 0 Å². The lowest BCUT2D eigenvalue weighted by molar-refractivity contribution is 0.0961. The van der Waals surface area contributed by atoms with Gasteiger partial charge in [-0.05, 0) is 73.7 Å². The molecule has 2 saturated carbocycles. The maximum atomic E-state index is 2.49. The fourth-order valence-corrected chi connectivity index (χ4v) is 5.02. The van der Waals surface area contributed by atoms with Gasteiger partial charge in [-0.25, -0.2) is 0 Å². The van der Waals surface area contributed by atoms with Crippen LogP contribution in [0.1, 0.15) is 91.0 Å². The molecule has 0 aromatic heterocycles. The standard InChI is InChI=1S/C16H30.C8H10/c1-13(2)15-7-10-16(11-8-15)9-5-4-6-14(3)12-16;1-2-8-6-4-3-5-7-8/h13-15H,4-12H2,1-3H3;3-7H,2H2,1H3. The third-order valence-electron chi connectivity index (χ3n) is 6.72. The second-order valence-electron chi connectivity index (χ2n) is 8.98. The van der Waals surface area contributed by atoms with Gasteiger partial charge in [0.2, 0.25) is 0 Å². The molecule has 0 aliphatic heterocycles. The van der Waals surface area contributed by atoms with Crippen LogP contribution >= 0.6 is 0 Å². The maximum Gasteiger partial charge on any atom is -0.0295 e. The summed E-state index contributed by atoms with van der Waals surface area (Å²) in [7, 11) is 0. The van der Waals surface area contributed by atoms with Crippen LogP contribution in [0.25, 0.3) is 0 Å². The van der Waals surface area contributed by atoms with E-state index in [-0.39, 0.29) is 0 Å². The maximum absolute atomic E-state index is 2.49. The van der Waals surface area contributed by atoms with E-state index in [2.05, 4.69) is 52.0 Å². The van der Waals surface area contributed by atoms with Gasteiger partial charge in [0.1, 0.15) is 0 Å². The SMILES string of the molecule is CC1CCCCC2(CCC(C(C)C)CC2)C1.CCc1ccccc1. The molecule has 0 nitrogen and oxygen atoms in total. The van der Waals surface area contributed by atoms with Crippen LogP contribution in [0.15, 0.2) is 30.3 Å². The topological polar surface area (TPSA) is 0 Å². The highest BCUT2D eigenvalue weighted by molar-refractivity contribution is 5.13. The van der Waals surface area contributed by atoms with Crippen LogP contribution in [0.5, 0.6) is 0 Å². The second kappa shape index (κ2) is 9.64. The highest BCUT2D eigenvalue weighted by Crippen LogP contribution is 2.50. The van der Waals surface area contributed by atoms with Crippen LogP contribution in [-0.2, 0) is 6.42 Å². The summed E-state index contributed by atoms with van der Waals surface area (Å²) < 4.78 is 0. The summed E-state index contributed by atoms with van der Waals surface area (Å²) in [5, 5.41) is 0. The van der Waals surface area contributed by atoms with E-state index < -0.39 is 0 Å². The van der Waals surface area contributed by atoms with E-state index in [1.807, 2.05) is 6.07 Å². The van der Waals surface area contributed by atoms with Crippen molar-refractivity contribution >= 4 is 0 Å². The van der Waals surface area contributed by atoms with E-state index in [0.29, 0.717) is 0 Å². The molecule has 2 aliphatic carbocycles. The smallest absolute Gasteiger partial charge is 0.0295 e. The van der Waals surface area contributed by atoms with Gasteiger partial charge in [0, 0.05) is 0 Å². The van der Waals surface area contributed by atoms with Gasteiger partial charge in [0.25, 0.3) is 0 Å². The Hall–Kier alpha value is -0.780. The number of rotatable bonds is 2. The van der Waals surface area contributed by atoms with Crippen molar-refractivity contribution in [2.45, 2.75) is 91.9 Å². The molecule has 0 amide bonds. The zero-order chi connectivity index (χ0) is 17.4. The van der Waals surface area contributed by atoms with Crippen molar-refractivity contribution in [3.8, 4) is 0 Å². The molecule has 1 aromatic rings. The molecule has 2 aliphatic rings. The predicted octanol–water partition coefficient (Wildman–Crippen LogP) is 7.67. The first-order valence-electron chi connectivity index (χ1n) is 10.6. The predicted molar refractivity (Wildman–Crippen MR) is 107 cm³/mol. The largest absolute Gasteiger partial charge is 0.0625 e. The molecule has 0 saturated heterocycles. The van der Waals surface area contributed by atoms with E-state index in [1.165, 1.54) is 44.1 Å². The minimum absolute atomic E-state index is 0.779. The lowest BCUT2D eigenvalue weighted by Gasteiger charge is -2.42. The minimum Gasteiger partial charge on any atom is -0.0625 e. The zero-order valence-corrected chi connectivity index (χ0v) is 16.7. The Morgan fingerprint density at radius 3 is 2.17 bits per heavy atom. The molecule has 24 heavy (non-hydrogen) atoms. The molecule has 136 valence electrons. The van der Waals surface area contributed by atoms with Gasteiger partial charge in [-0.1, -0.05) is 77.3 Å². The minimum atomic E-state index is 0.779. The van der Waals surface area contributed by atoms with Gasteiger partial charge in [-0.15, -0.1) is 0 Å². The molecule has 1 unspecified atom stereocenters. The Balaban J connectivity index is 0.000000219. The van der Waals surface area contributed by atoms with E-state index in [4.69, 9.17) is 0 Å². The average Bonchev–Trinajstić information content (AvgIpc) is 2.78. The van der Waals surface area contributed by atoms with E-state index in [0.717, 1.165) is 29.6 Å². The summed E-state index contributed by atoms with van der Waals surface area (Å²) >= 11 is 0. The molecule has 1 spiro atoms. The first-order chi connectivity index (χ1) is 11.5. The van der Waals surface area contributed by atoms with Crippen molar-refractivity contribution in [3.05, 3.63) is 35.9 Å². The van der Waals surface area contributed by atoms with Gasteiger partial charge in [-0.3, -0.25) is 0 Å². The molecule has 3 rings (SSSR count). The van der Waals surface area contributed by atoms with Crippen molar-refractivity contribution in [1.82, 2.24) is 0 Å². The third-order valence-corrected chi connectivity index (χ3v) is 6.72. The van der Waals surface area contributed by atoms with Crippen LogP contribution in [0.2, 0.25) is 0 Å². The van der Waals surface area contributed by atoms with Gasteiger partial charge in [0.15, 0.2) is 0 Å². The van der Waals surface area contributed by atoms with E-state index >= 15 is 0 Å². The normalized spacial score (nSPS) is 30.5. The van der Waals surface area contributed by atoms with Crippen molar-refractivity contribution in [1.29, 1.82) is 0 Å². The molecule has 0 radical (unpaired) electrons. The summed E-state index contributed by atoms with van der Waals surface area (Å²) in [5.74, 6) is 2.95. The Labute approximate surface area is 151 Å². The lowest BCUT2D eigenvalue weighted by atomic mass is 9.64. The van der Waals surface area contributed by atoms with Crippen LogP contribution in [0.3, 0.4) is 0 Å². The lowest BCUT2D eigenvalue weighted by Crippen LogP contribution is -2.30. The molecular weight excluding hydrogens is 288 g/mol. The quantitative estimate of drug-likeness (QED) is 0.522. The highest BCUT2D eigenvalue weighted by atomic mass is 14.4. The second-order valence-corrected chi connectivity index (χ2v) is 8.98. The number of aryl methyl sites for hydroxylation is 1. The van der Waals surface area contributed by atoms with E-state index in [1.54, 1.807) is 19.3 Å². The van der Waals surface area contributed by atoms with Crippen molar-refractivity contribution in [3.63, 3.8) is 0 Å². The molecule has 1 atom stereocenters. The summed E-state index contributed by atoms with van der Waals surface area (Å²) in [4.78, 5) is 0. The monoisotopic (exact) mass is 328 g/mol. The Kier molecular flexibility index (Phi) is 7.85. The fourth-order valence-electron chi connectivity index (χ4n) is 5.02. The third kappa shape index (κ3) is 5.94. The molecule has 0 N–H and O–H groups in total. The summed E-state index contributed by atoms with van der Waals surface area (Å²) in [5.41, 5.74) is 2.19. The van der Waals surface area contributed by atoms with Gasteiger partial charge in [0.05, 0.1) is 0 Å². The number of hydrogen-bond acceptors (Lipinski definition) is 0. The summed E-state index contributed by atoms with van der Waals surface area (Å²) in [6, 6.07) is 10.5. The van der Waals surface area contributed by atoms with Crippen LogP contribution < -0.4 is 0 Å². The fraction of sp³-hybridized carbons (Fsp3) is 0.750. The molecule has 0 heteroatoms. The molecular formula is C24H40. The number of benzene rings is 1. The average molecular weight is 329 g/mol. The van der Waals surface area contributed by atoms with Gasteiger partial charge >= 0.3 is 0 Å². The molecule has 0 bridgehead atoms. The highest BCUT2D eigenvalue weighted by Gasteiger charge is 2.37. The molecule has 2 fully saturated rings. The Morgan fingerprint density at radius 1 is 0.958 bits per heavy atom. The van der Waals surface area contributed by atoms with Crippen molar-refractivity contribution < 1.29 is 0 Å². The number of hydrogen-bond donors (Lipinski definition) is 0. The molecule has 1 aromatic carbocycles. The Morgan fingerprint density at radius 2 is 1.62 bits per heavy atom. The van der Waals surface area contributed by atoms with Gasteiger partial charge < -0.3 is 0 Å². The summed E-state index contributed by atoms with van der Waals surface area (Å²) in [6.45, 7) is 9.48. The Bertz CT molecular complexity index is 436. The first-order valence-corrected chi connectivity index (χ1v) is 10.6. The van der Waals surface area contributed by atoms with Gasteiger partial charge in [-0.2, -0.15) is 0 Å². The summed E-state index contributed by atoms with van der Waals surface area (Å²) in [6.07, 6.45) is 14.8. The van der Waals surface area contributed by atoms with Crippen molar-refractivity contribution in [2.24, 2.45) is 23.2 Å². The first kappa shape index (κ1) is 19.5. The van der Waals surface area contributed by atoms with E-state index in [9.17, 15) is 0 Å². The molecule has 0 heterocycles. The van der Waals surface area contributed by atoms with Crippen LogP contribution in [0.4, 0.5) is 0 Å².